The lowest BCUT2D eigenvalue weighted by atomic mass is 9.63. The van der Waals surface area contributed by atoms with Gasteiger partial charge in [-0.15, -0.1) is 0 Å². The Hall–Kier alpha value is -2.97. The van der Waals surface area contributed by atoms with E-state index < -0.39 is 34.2 Å². The Bertz CT molecular complexity index is 1310. The number of aryl methyl sites for hydroxylation is 1. The van der Waals surface area contributed by atoms with Crippen molar-refractivity contribution < 1.29 is 36.6 Å². The van der Waals surface area contributed by atoms with Crippen LogP contribution in [0.4, 0.5) is 22.0 Å². The van der Waals surface area contributed by atoms with E-state index in [1.807, 2.05) is 11.8 Å². The third kappa shape index (κ3) is 4.93. The van der Waals surface area contributed by atoms with Crippen molar-refractivity contribution in [1.82, 2.24) is 4.90 Å². The smallest absolute Gasteiger partial charge is 0.426 e. The summed E-state index contributed by atoms with van der Waals surface area (Å²) >= 11 is 0. The SMILES string of the molecule is CCC1(C(=O)O)CCC(C(=O)N2CC[C@@]3(Cc4ccc(F)cc4)c4ccc(C(C)(F)C(F)(F)F)cc4CC[C@@H]23)CC1. The second kappa shape index (κ2) is 10.4. The Kier molecular flexibility index (Phi) is 7.48. The number of carboxylic acid groups (broad SMARTS) is 1. The van der Waals surface area contributed by atoms with E-state index in [4.69, 9.17) is 0 Å². The van der Waals surface area contributed by atoms with Crippen molar-refractivity contribution in [3.05, 3.63) is 70.5 Å². The molecular formula is C32H36F5NO3. The molecule has 3 aliphatic rings. The molecule has 1 saturated carbocycles. The number of aliphatic carboxylic acids is 1. The Morgan fingerprint density at radius 3 is 2.24 bits per heavy atom. The number of carboxylic acids is 1. The van der Waals surface area contributed by atoms with Crippen LogP contribution in [0.2, 0.25) is 0 Å². The molecule has 1 N–H and O–H groups in total. The number of amides is 1. The van der Waals surface area contributed by atoms with Gasteiger partial charge in [0.25, 0.3) is 0 Å². The summed E-state index contributed by atoms with van der Waals surface area (Å²) in [7, 11) is 0. The molecule has 2 aliphatic carbocycles. The first kappa shape index (κ1) is 29.5. The van der Waals surface area contributed by atoms with E-state index in [1.165, 1.54) is 24.3 Å². The molecule has 1 aliphatic heterocycles. The van der Waals surface area contributed by atoms with Crippen molar-refractivity contribution in [3.8, 4) is 0 Å². The van der Waals surface area contributed by atoms with Gasteiger partial charge in [-0.1, -0.05) is 37.3 Å². The van der Waals surface area contributed by atoms with Crippen LogP contribution in [-0.2, 0) is 33.5 Å². The number of hydrogen-bond donors (Lipinski definition) is 1. The summed E-state index contributed by atoms with van der Waals surface area (Å²) in [5.41, 5.74) is -3.04. The first-order valence-electron chi connectivity index (χ1n) is 14.4. The van der Waals surface area contributed by atoms with Gasteiger partial charge in [0.05, 0.1) is 5.41 Å². The summed E-state index contributed by atoms with van der Waals surface area (Å²) in [6.45, 7) is 2.86. The Balaban J connectivity index is 1.48. The molecule has 0 spiro atoms. The fraction of sp³-hybridized carbons (Fsp3) is 0.562. The highest BCUT2D eigenvalue weighted by atomic mass is 19.4. The quantitative estimate of drug-likeness (QED) is 0.368. The summed E-state index contributed by atoms with van der Waals surface area (Å²) in [6.07, 6.45) is -0.707. The topological polar surface area (TPSA) is 57.6 Å². The van der Waals surface area contributed by atoms with Crippen LogP contribution in [0.3, 0.4) is 0 Å². The Morgan fingerprint density at radius 1 is 1.00 bits per heavy atom. The van der Waals surface area contributed by atoms with Crippen LogP contribution >= 0.6 is 0 Å². The molecule has 2 fully saturated rings. The summed E-state index contributed by atoms with van der Waals surface area (Å²) in [5, 5.41) is 9.77. The van der Waals surface area contributed by atoms with Crippen LogP contribution in [-0.4, -0.2) is 40.6 Å². The number of likely N-dealkylation sites (tertiary alicyclic amines) is 1. The minimum Gasteiger partial charge on any atom is -0.481 e. The van der Waals surface area contributed by atoms with Gasteiger partial charge in [-0.05, 0) is 99.1 Å². The van der Waals surface area contributed by atoms with Crippen molar-refractivity contribution in [1.29, 1.82) is 0 Å². The van der Waals surface area contributed by atoms with Crippen LogP contribution in [0.25, 0.3) is 0 Å². The lowest BCUT2D eigenvalue weighted by Gasteiger charge is -2.45. The van der Waals surface area contributed by atoms with Crippen LogP contribution in [0.5, 0.6) is 0 Å². The lowest BCUT2D eigenvalue weighted by Crippen LogP contribution is -2.51. The van der Waals surface area contributed by atoms with Gasteiger partial charge in [-0.3, -0.25) is 9.59 Å². The van der Waals surface area contributed by atoms with Crippen molar-refractivity contribution in [2.45, 2.75) is 94.9 Å². The Labute approximate surface area is 236 Å². The molecule has 9 heteroatoms. The maximum Gasteiger partial charge on any atom is 0.426 e. The van der Waals surface area contributed by atoms with Gasteiger partial charge in [0.2, 0.25) is 11.6 Å². The van der Waals surface area contributed by atoms with E-state index in [1.54, 1.807) is 18.2 Å². The fourth-order valence-corrected chi connectivity index (χ4v) is 7.62. The molecule has 5 rings (SSSR count). The molecule has 0 bridgehead atoms. The maximum absolute atomic E-state index is 14.9. The number of carbonyl (C=O) groups excluding carboxylic acids is 1. The zero-order chi connectivity index (χ0) is 29.8. The highest BCUT2D eigenvalue weighted by Crippen LogP contribution is 2.52. The van der Waals surface area contributed by atoms with Gasteiger partial charge >= 0.3 is 12.1 Å². The van der Waals surface area contributed by atoms with Crippen LogP contribution in [0.1, 0.15) is 81.0 Å². The number of fused-ring (bicyclic) bond motifs is 3. The molecule has 0 radical (unpaired) electrons. The molecular weight excluding hydrogens is 541 g/mol. The lowest BCUT2D eigenvalue weighted by molar-refractivity contribution is -0.228. The molecule has 0 aromatic heterocycles. The second-order valence-electron chi connectivity index (χ2n) is 12.4. The van der Waals surface area contributed by atoms with Crippen molar-refractivity contribution in [2.24, 2.45) is 11.3 Å². The number of hydrogen-bond acceptors (Lipinski definition) is 2. The number of benzene rings is 2. The third-order valence-corrected chi connectivity index (χ3v) is 10.4. The standard InChI is InChI=1S/C32H36F5NO3/c1-3-30(28(40)41)14-12-21(13-15-30)27(39)38-17-16-31(19-20-4-8-24(33)9-5-20)25-10-7-23(29(2,34)32(35,36)37)18-22(25)6-11-26(31)38/h4-5,7-10,18,21,26H,3,6,11-17,19H2,1-2H3,(H,40,41)/t21?,26-,29?,30?,31-/m1/s1. The zero-order valence-electron chi connectivity index (χ0n) is 23.4. The number of carbonyl (C=O) groups is 2. The van der Waals surface area contributed by atoms with Gasteiger partial charge in [-0.2, -0.15) is 13.2 Å². The molecule has 4 nitrogen and oxygen atoms in total. The van der Waals surface area contributed by atoms with Crippen LogP contribution in [0.15, 0.2) is 42.5 Å². The van der Waals surface area contributed by atoms with E-state index in [0.29, 0.717) is 76.8 Å². The minimum absolute atomic E-state index is 0.000419. The number of nitrogens with zero attached hydrogens (tertiary/aromatic N) is 1. The van der Waals surface area contributed by atoms with E-state index >= 15 is 0 Å². The van der Waals surface area contributed by atoms with Crippen molar-refractivity contribution in [2.75, 3.05) is 6.54 Å². The second-order valence-corrected chi connectivity index (χ2v) is 12.4. The predicted molar refractivity (Wildman–Crippen MR) is 143 cm³/mol. The molecule has 1 amide bonds. The average Bonchev–Trinajstić information content (AvgIpc) is 3.32. The number of alkyl halides is 4. The zero-order valence-corrected chi connectivity index (χ0v) is 23.4. The van der Waals surface area contributed by atoms with Crippen molar-refractivity contribution >= 4 is 11.9 Å². The van der Waals surface area contributed by atoms with E-state index in [9.17, 15) is 36.6 Å². The van der Waals surface area contributed by atoms with Crippen LogP contribution < -0.4 is 0 Å². The average molecular weight is 578 g/mol. The van der Waals surface area contributed by atoms with E-state index in [0.717, 1.165) is 11.1 Å². The first-order valence-corrected chi connectivity index (χ1v) is 14.4. The fourth-order valence-electron chi connectivity index (χ4n) is 7.62. The molecule has 41 heavy (non-hydrogen) atoms. The van der Waals surface area contributed by atoms with E-state index in [-0.39, 0.29) is 23.7 Å². The van der Waals surface area contributed by atoms with Crippen LogP contribution in [0, 0.1) is 17.2 Å². The van der Waals surface area contributed by atoms with Gasteiger partial charge < -0.3 is 10.0 Å². The summed E-state index contributed by atoms with van der Waals surface area (Å²) in [5.74, 6) is -1.47. The molecule has 2 aromatic carbocycles. The maximum atomic E-state index is 14.9. The highest BCUT2D eigenvalue weighted by Gasteiger charge is 2.56. The first-order chi connectivity index (χ1) is 19.2. The molecule has 3 atom stereocenters. The van der Waals surface area contributed by atoms with Gasteiger partial charge in [0.1, 0.15) is 5.82 Å². The van der Waals surface area contributed by atoms with E-state index in [2.05, 4.69) is 0 Å². The normalized spacial score (nSPS) is 29.4. The Morgan fingerprint density at radius 2 is 1.66 bits per heavy atom. The molecule has 1 saturated heterocycles. The largest absolute Gasteiger partial charge is 0.481 e. The van der Waals surface area contributed by atoms with Gasteiger partial charge in [0.15, 0.2) is 0 Å². The predicted octanol–water partition coefficient (Wildman–Crippen LogP) is 7.27. The summed E-state index contributed by atoms with van der Waals surface area (Å²) < 4.78 is 69.1. The van der Waals surface area contributed by atoms with Crippen molar-refractivity contribution in [3.63, 3.8) is 0 Å². The monoisotopic (exact) mass is 577 g/mol. The molecule has 1 unspecified atom stereocenters. The van der Waals surface area contributed by atoms with Gasteiger partial charge in [0, 0.05) is 23.9 Å². The third-order valence-electron chi connectivity index (χ3n) is 10.4. The summed E-state index contributed by atoms with van der Waals surface area (Å²) in [4.78, 5) is 27.7. The molecule has 222 valence electrons. The molecule has 1 heterocycles. The number of rotatable bonds is 6. The minimum atomic E-state index is -5.06. The number of halogens is 5. The van der Waals surface area contributed by atoms with Gasteiger partial charge in [-0.25, -0.2) is 8.78 Å². The highest BCUT2D eigenvalue weighted by molar-refractivity contribution is 5.81. The summed E-state index contributed by atoms with van der Waals surface area (Å²) in [6, 6.07) is 10.0. The molecule has 2 aromatic rings.